The number of fused-ring (bicyclic) bond motifs is 1. The summed E-state index contributed by atoms with van der Waals surface area (Å²) in [5.41, 5.74) is 4.38. The van der Waals surface area contributed by atoms with Crippen LogP contribution in [-0.2, 0) is 6.54 Å². The molecule has 2 aliphatic rings. The fraction of sp³-hybridized carbons (Fsp3) is 0.348. The third kappa shape index (κ3) is 3.21. The van der Waals surface area contributed by atoms with Gasteiger partial charge in [0.05, 0.1) is 35.3 Å². The fourth-order valence-electron chi connectivity index (χ4n) is 4.36. The van der Waals surface area contributed by atoms with Gasteiger partial charge in [0.25, 0.3) is 0 Å². The first-order chi connectivity index (χ1) is 14.5. The second kappa shape index (κ2) is 7.24. The Morgan fingerprint density at radius 2 is 1.93 bits per heavy atom. The zero-order valence-corrected chi connectivity index (χ0v) is 17.7. The first-order valence-electron chi connectivity index (χ1n) is 10.3. The predicted octanol–water partition coefficient (Wildman–Crippen LogP) is 5.47. The van der Waals surface area contributed by atoms with Crippen molar-refractivity contribution in [3.63, 3.8) is 0 Å². The molecule has 7 heteroatoms. The van der Waals surface area contributed by atoms with Crippen molar-refractivity contribution in [3.8, 4) is 23.1 Å². The van der Waals surface area contributed by atoms with Crippen molar-refractivity contribution in [2.75, 3.05) is 23.7 Å². The number of anilines is 1. The van der Waals surface area contributed by atoms with Crippen molar-refractivity contribution in [1.29, 1.82) is 5.26 Å². The topological polar surface area (TPSA) is 81.7 Å². The molecule has 5 rings (SSSR count). The van der Waals surface area contributed by atoms with E-state index >= 15 is 0 Å². The van der Waals surface area contributed by atoms with E-state index in [9.17, 15) is 14.4 Å². The van der Waals surface area contributed by atoms with Crippen LogP contribution in [0.2, 0.25) is 0 Å². The molecule has 1 aromatic heterocycles. The molecule has 2 fully saturated rings. The molecule has 0 unspecified atom stereocenters. The largest absolute Gasteiger partial charge is 0.497 e. The van der Waals surface area contributed by atoms with Crippen LogP contribution in [-0.4, -0.2) is 33.1 Å². The fourth-order valence-corrected chi connectivity index (χ4v) is 5.98. The highest BCUT2D eigenvalue weighted by atomic mass is 32.3. The molecule has 3 aromatic rings. The van der Waals surface area contributed by atoms with Crippen molar-refractivity contribution < 1.29 is 13.8 Å². The summed E-state index contributed by atoms with van der Waals surface area (Å²) >= 11 is 0. The molecule has 30 heavy (non-hydrogen) atoms. The Bertz CT molecular complexity index is 1140. The number of aromatic nitrogens is 1. The average Bonchev–Trinajstić information content (AvgIpc) is 3.43. The van der Waals surface area contributed by atoms with Crippen molar-refractivity contribution in [1.82, 2.24) is 4.57 Å². The molecule has 0 bridgehead atoms. The van der Waals surface area contributed by atoms with Crippen LogP contribution in [0.4, 0.5) is 5.69 Å². The third-order valence-corrected chi connectivity index (χ3v) is 8.02. The Kier molecular flexibility index (Phi) is 4.66. The molecule has 0 amide bonds. The van der Waals surface area contributed by atoms with E-state index in [4.69, 9.17) is 4.74 Å². The molecular formula is C23H25N3O3S. The normalized spacial score (nSPS) is 19.1. The van der Waals surface area contributed by atoms with E-state index in [1.54, 1.807) is 11.4 Å². The summed E-state index contributed by atoms with van der Waals surface area (Å²) in [6.07, 6.45) is 3.22. The maximum absolute atomic E-state index is 10.3. The number of nitriles is 1. The van der Waals surface area contributed by atoms with Gasteiger partial charge >= 0.3 is 0 Å². The SMILES string of the molecule is COc1ccc2c(C#N)c(-c3ccc(N4CCCS4(O)O)cc3)n(CC3CC3)c2c1. The van der Waals surface area contributed by atoms with E-state index in [0.717, 1.165) is 46.6 Å². The van der Waals surface area contributed by atoms with Gasteiger partial charge in [-0.05, 0) is 55.0 Å². The number of rotatable bonds is 5. The molecule has 1 aliphatic carbocycles. The van der Waals surface area contributed by atoms with Gasteiger partial charge in [-0.3, -0.25) is 13.4 Å². The molecule has 2 N–H and O–H groups in total. The van der Waals surface area contributed by atoms with Gasteiger partial charge in [0, 0.05) is 24.5 Å². The first kappa shape index (κ1) is 19.3. The lowest BCUT2D eigenvalue weighted by atomic mass is 10.1. The van der Waals surface area contributed by atoms with Crippen LogP contribution in [0.25, 0.3) is 22.2 Å². The van der Waals surface area contributed by atoms with Crippen molar-refractivity contribution in [2.45, 2.75) is 25.8 Å². The summed E-state index contributed by atoms with van der Waals surface area (Å²) in [7, 11) is -1.06. The van der Waals surface area contributed by atoms with Crippen LogP contribution in [0.1, 0.15) is 24.8 Å². The van der Waals surface area contributed by atoms with Gasteiger partial charge in [0.1, 0.15) is 11.8 Å². The van der Waals surface area contributed by atoms with Gasteiger partial charge < -0.3 is 9.30 Å². The van der Waals surface area contributed by atoms with E-state index in [1.165, 1.54) is 12.8 Å². The average molecular weight is 424 g/mol. The number of benzene rings is 2. The van der Waals surface area contributed by atoms with Crippen LogP contribution in [0.15, 0.2) is 42.5 Å². The van der Waals surface area contributed by atoms with Crippen molar-refractivity contribution in [3.05, 3.63) is 48.0 Å². The van der Waals surface area contributed by atoms with Gasteiger partial charge in [0.15, 0.2) is 0 Å². The van der Waals surface area contributed by atoms with E-state index in [1.807, 2.05) is 42.5 Å². The summed E-state index contributed by atoms with van der Waals surface area (Å²) in [4.78, 5) is 0. The van der Waals surface area contributed by atoms with E-state index in [-0.39, 0.29) is 0 Å². The van der Waals surface area contributed by atoms with Crippen LogP contribution < -0.4 is 9.04 Å². The van der Waals surface area contributed by atoms with E-state index < -0.39 is 10.8 Å². The predicted molar refractivity (Wildman–Crippen MR) is 121 cm³/mol. The van der Waals surface area contributed by atoms with E-state index in [0.29, 0.717) is 23.8 Å². The molecule has 156 valence electrons. The van der Waals surface area contributed by atoms with Crippen LogP contribution in [0.5, 0.6) is 5.75 Å². The molecule has 6 nitrogen and oxygen atoms in total. The van der Waals surface area contributed by atoms with Gasteiger partial charge in [-0.1, -0.05) is 12.1 Å². The summed E-state index contributed by atoms with van der Waals surface area (Å²) in [5, 5.41) is 10.9. The second-order valence-corrected chi connectivity index (χ2v) is 10.2. The minimum absolute atomic E-state index is 0.421. The van der Waals surface area contributed by atoms with Gasteiger partial charge in [0.2, 0.25) is 0 Å². The number of hydrogen-bond donors (Lipinski definition) is 2. The molecule has 2 heterocycles. The Morgan fingerprint density at radius 3 is 2.53 bits per heavy atom. The Hall–Kier alpha value is -2.66. The van der Waals surface area contributed by atoms with E-state index in [2.05, 4.69) is 10.6 Å². The summed E-state index contributed by atoms with van der Waals surface area (Å²) < 4.78 is 29.9. The standard InChI is InChI=1S/C23H25N3O3S/c1-29-19-9-10-20-21(14-24)23(25(22(20)13-19)15-16-3-4-16)17-5-7-18(8-6-17)26-11-2-12-30(26,27)28/h5-10,13,16,27-28H,2-4,11-12,15H2,1H3. The minimum Gasteiger partial charge on any atom is -0.497 e. The second-order valence-electron chi connectivity index (χ2n) is 8.11. The van der Waals surface area contributed by atoms with Crippen LogP contribution >= 0.6 is 10.8 Å². The lowest BCUT2D eigenvalue weighted by Crippen LogP contribution is -2.21. The van der Waals surface area contributed by atoms with Gasteiger partial charge in [-0.25, -0.2) is 0 Å². The zero-order chi connectivity index (χ0) is 20.9. The molecule has 1 saturated carbocycles. The first-order valence-corrected chi connectivity index (χ1v) is 11.9. The molecule has 2 aromatic carbocycles. The summed E-state index contributed by atoms with van der Waals surface area (Å²) in [6, 6.07) is 16.1. The molecule has 1 saturated heterocycles. The Morgan fingerprint density at radius 1 is 1.17 bits per heavy atom. The number of nitrogens with zero attached hydrogens (tertiary/aromatic N) is 3. The lowest BCUT2D eigenvalue weighted by molar-refractivity contribution is 0.415. The highest BCUT2D eigenvalue weighted by molar-refractivity contribution is 8.25. The van der Waals surface area contributed by atoms with Crippen LogP contribution in [0.3, 0.4) is 0 Å². The van der Waals surface area contributed by atoms with Crippen molar-refractivity contribution >= 4 is 27.4 Å². The number of methoxy groups -OCH3 is 1. The molecule has 0 radical (unpaired) electrons. The third-order valence-electron chi connectivity index (χ3n) is 6.08. The number of ether oxygens (including phenoxy) is 1. The van der Waals surface area contributed by atoms with Gasteiger partial charge in [-0.2, -0.15) is 5.26 Å². The Labute approximate surface area is 177 Å². The number of hydrogen-bond acceptors (Lipinski definition) is 5. The molecule has 1 aliphatic heterocycles. The van der Waals surface area contributed by atoms with Crippen molar-refractivity contribution in [2.24, 2.45) is 5.92 Å². The summed E-state index contributed by atoms with van der Waals surface area (Å²) in [6.45, 7) is 1.53. The summed E-state index contributed by atoms with van der Waals surface area (Å²) in [5.74, 6) is 1.85. The van der Waals surface area contributed by atoms with Gasteiger partial charge in [-0.15, -0.1) is 10.8 Å². The maximum atomic E-state index is 10.3. The smallest absolute Gasteiger partial charge is 0.120 e. The molecule has 0 spiro atoms. The minimum atomic E-state index is -2.71. The highest BCUT2D eigenvalue weighted by Gasteiger charge is 2.30. The molecule has 0 atom stereocenters. The zero-order valence-electron chi connectivity index (χ0n) is 16.9. The van der Waals surface area contributed by atoms with Crippen LogP contribution in [0, 0.1) is 17.2 Å². The lowest BCUT2D eigenvalue weighted by Gasteiger charge is -2.38. The Balaban J connectivity index is 1.63. The maximum Gasteiger partial charge on any atom is 0.120 e. The molecular weight excluding hydrogens is 398 g/mol. The quantitative estimate of drug-likeness (QED) is 0.568. The monoisotopic (exact) mass is 423 g/mol. The highest BCUT2D eigenvalue weighted by Crippen LogP contribution is 2.51.